The van der Waals surface area contributed by atoms with E-state index in [1.165, 1.54) is 54.6 Å². The molecule has 272 valence electrons. The van der Waals surface area contributed by atoms with Crippen molar-refractivity contribution in [2.75, 3.05) is 0 Å². The molecule has 59 heavy (non-hydrogen) atoms. The Hall–Kier alpha value is -7.88. The van der Waals surface area contributed by atoms with Gasteiger partial charge in [0.2, 0.25) is 0 Å². The average molecular weight is 751 g/mol. The highest BCUT2D eigenvalue weighted by atomic mass is 16.3. The molecule has 0 radical (unpaired) electrons. The number of fused-ring (bicyclic) bond motifs is 11. The first-order valence-electron chi connectivity index (χ1n) is 20.1. The Morgan fingerprint density at radius 2 is 0.763 bits per heavy atom. The molecule has 0 saturated heterocycles. The molecule has 0 unspecified atom stereocenters. The van der Waals surface area contributed by atoms with Crippen LogP contribution in [-0.2, 0) is 0 Å². The number of hydrogen-bond donors (Lipinski definition) is 0. The molecule has 14 aromatic rings. The Kier molecular flexibility index (Phi) is 6.02. The normalized spacial score (nSPS) is 12.4. The van der Waals surface area contributed by atoms with Crippen LogP contribution in [0.25, 0.3) is 142 Å². The van der Waals surface area contributed by atoms with E-state index in [0.717, 1.165) is 87.7 Å². The number of benzene rings is 11. The first-order chi connectivity index (χ1) is 29.2. The largest absolute Gasteiger partial charge is 0.456 e. The van der Waals surface area contributed by atoms with Gasteiger partial charge < -0.3 is 13.3 Å². The van der Waals surface area contributed by atoms with Crippen LogP contribution in [0.15, 0.2) is 195 Å². The van der Waals surface area contributed by atoms with Crippen LogP contribution in [0.1, 0.15) is 0 Å². The predicted octanol–water partition coefficient (Wildman–Crippen LogP) is 16.4. The lowest BCUT2D eigenvalue weighted by Gasteiger charge is -2.20. The Morgan fingerprint density at radius 3 is 1.47 bits per heavy atom. The van der Waals surface area contributed by atoms with Gasteiger partial charge in [-0.15, -0.1) is 0 Å². The molecule has 3 nitrogen and oxygen atoms in total. The van der Waals surface area contributed by atoms with Crippen molar-refractivity contribution >= 4 is 109 Å². The molecule has 0 atom stereocenters. The molecule has 0 aliphatic heterocycles. The molecular formula is C56H30O3. The van der Waals surface area contributed by atoms with Crippen molar-refractivity contribution in [3.8, 4) is 33.4 Å². The number of hydrogen-bond acceptors (Lipinski definition) is 3. The Bertz CT molecular complexity index is 4080. The summed E-state index contributed by atoms with van der Waals surface area (Å²) < 4.78 is 19.3. The second kappa shape index (κ2) is 11.4. The van der Waals surface area contributed by atoms with Gasteiger partial charge in [0.15, 0.2) is 0 Å². The maximum Gasteiger partial charge on any atom is 0.143 e. The van der Waals surface area contributed by atoms with E-state index in [0.29, 0.717) is 0 Å². The highest BCUT2D eigenvalue weighted by Crippen LogP contribution is 2.50. The van der Waals surface area contributed by atoms with Gasteiger partial charge in [-0.3, -0.25) is 0 Å². The minimum absolute atomic E-state index is 0.890. The number of furan rings is 3. The van der Waals surface area contributed by atoms with Crippen molar-refractivity contribution < 1.29 is 13.3 Å². The van der Waals surface area contributed by atoms with Crippen LogP contribution in [0.2, 0.25) is 0 Å². The topological polar surface area (TPSA) is 39.4 Å². The Balaban J connectivity index is 1.13. The fourth-order valence-corrected chi connectivity index (χ4v) is 10.2. The fourth-order valence-electron chi connectivity index (χ4n) is 10.2. The van der Waals surface area contributed by atoms with E-state index in [9.17, 15) is 0 Å². The van der Waals surface area contributed by atoms with Gasteiger partial charge in [0.25, 0.3) is 0 Å². The van der Waals surface area contributed by atoms with Crippen LogP contribution in [0.3, 0.4) is 0 Å². The molecule has 0 spiro atoms. The molecule has 3 heteroatoms. The predicted molar refractivity (Wildman–Crippen MR) is 246 cm³/mol. The Morgan fingerprint density at radius 1 is 0.237 bits per heavy atom. The van der Waals surface area contributed by atoms with E-state index in [1.54, 1.807) is 0 Å². The lowest BCUT2D eigenvalue weighted by Crippen LogP contribution is -1.93. The van der Waals surface area contributed by atoms with E-state index >= 15 is 0 Å². The second-order valence-corrected chi connectivity index (χ2v) is 15.9. The quantitative estimate of drug-likeness (QED) is 0.169. The lowest BCUT2D eigenvalue weighted by molar-refractivity contribution is 0.668. The number of para-hydroxylation sites is 3. The van der Waals surface area contributed by atoms with Crippen LogP contribution >= 0.6 is 0 Å². The molecule has 14 rings (SSSR count). The zero-order chi connectivity index (χ0) is 38.3. The SMILES string of the molecule is c1ccc2c(c1)cc(-c1cc(-c3ccc4oc5ccccc5c4c3)c3ccc4ccc(-c5ccc6oc7ccccc7c6c5)c5ccc1c3c45)c1c3ccccc3oc21. The highest BCUT2D eigenvalue weighted by molar-refractivity contribution is 6.32. The van der Waals surface area contributed by atoms with Crippen LogP contribution in [0, 0.1) is 0 Å². The molecule has 3 heterocycles. The highest BCUT2D eigenvalue weighted by Gasteiger charge is 2.23. The molecule has 3 aromatic heterocycles. The van der Waals surface area contributed by atoms with Crippen LogP contribution in [0.4, 0.5) is 0 Å². The van der Waals surface area contributed by atoms with Crippen molar-refractivity contribution in [3.63, 3.8) is 0 Å². The maximum absolute atomic E-state index is 6.75. The minimum atomic E-state index is 0.890. The zero-order valence-electron chi connectivity index (χ0n) is 31.5. The standard InChI is InChI=1S/C56H30O3/c1-2-10-36-32(9-1)29-47(55-42-13-5-8-16-50(42)59-56(36)55)44-30-43(34-20-26-52-46(28-34)38-12-4-7-15-49(38)58-52)40-22-18-31-17-21-35(39-23-24-41(44)54(40)53(31)39)33-19-25-51-45(27-33)37-11-3-6-14-48(37)57-51/h1-30H. The summed E-state index contributed by atoms with van der Waals surface area (Å²) in [5, 5.41) is 16.4. The van der Waals surface area contributed by atoms with Gasteiger partial charge in [-0.25, -0.2) is 0 Å². The summed E-state index contributed by atoms with van der Waals surface area (Å²) in [6.07, 6.45) is 0. The van der Waals surface area contributed by atoms with Crippen molar-refractivity contribution in [3.05, 3.63) is 182 Å². The van der Waals surface area contributed by atoms with Crippen LogP contribution in [0.5, 0.6) is 0 Å². The summed E-state index contributed by atoms with van der Waals surface area (Å²) >= 11 is 0. The smallest absolute Gasteiger partial charge is 0.143 e. The van der Waals surface area contributed by atoms with Crippen molar-refractivity contribution in [2.24, 2.45) is 0 Å². The van der Waals surface area contributed by atoms with E-state index in [2.05, 4.69) is 158 Å². The molecule has 0 amide bonds. The molecule has 0 bridgehead atoms. The zero-order valence-corrected chi connectivity index (χ0v) is 31.5. The summed E-state index contributed by atoms with van der Waals surface area (Å²) in [6.45, 7) is 0. The summed E-state index contributed by atoms with van der Waals surface area (Å²) in [6, 6.07) is 65.7. The third-order valence-electron chi connectivity index (χ3n) is 12.8. The van der Waals surface area contributed by atoms with E-state index < -0.39 is 0 Å². The van der Waals surface area contributed by atoms with Crippen molar-refractivity contribution in [2.45, 2.75) is 0 Å². The second-order valence-electron chi connectivity index (χ2n) is 15.9. The monoisotopic (exact) mass is 750 g/mol. The molecule has 11 aromatic carbocycles. The van der Waals surface area contributed by atoms with Crippen LogP contribution < -0.4 is 0 Å². The summed E-state index contributed by atoms with van der Waals surface area (Å²) in [5.41, 5.74) is 12.4. The van der Waals surface area contributed by atoms with Gasteiger partial charge >= 0.3 is 0 Å². The first kappa shape index (κ1) is 31.2. The van der Waals surface area contributed by atoms with Gasteiger partial charge in [0.05, 0.1) is 0 Å². The summed E-state index contributed by atoms with van der Waals surface area (Å²) in [5.74, 6) is 0. The minimum Gasteiger partial charge on any atom is -0.456 e. The van der Waals surface area contributed by atoms with Gasteiger partial charge in [-0.1, -0.05) is 127 Å². The molecule has 0 aliphatic rings. The third kappa shape index (κ3) is 4.26. The van der Waals surface area contributed by atoms with E-state index in [-0.39, 0.29) is 0 Å². The maximum atomic E-state index is 6.75. The lowest BCUT2D eigenvalue weighted by atomic mass is 9.83. The van der Waals surface area contributed by atoms with Gasteiger partial charge in [0, 0.05) is 37.7 Å². The Labute approximate surface area is 336 Å². The van der Waals surface area contributed by atoms with Gasteiger partial charge in [-0.2, -0.15) is 0 Å². The third-order valence-corrected chi connectivity index (χ3v) is 12.8. The van der Waals surface area contributed by atoms with Crippen molar-refractivity contribution in [1.82, 2.24) is 0 Å². The van der Waals surface area contributed by atoms with Crippen molar-refractivity contribution in [1.29, 1.82) is 0 Å². The average Bonchev–Trinajstić information content (AvgIpc) is 3.99. The van der Waals surface area contributed by atoms with Gasteiger partial charge in [0.1, 0.15) is 33.5 Å². The summed E-state index contributed by atoms with van der Waals surface area (Å²) in [7, 11) is 0. The molecular weight excluding hydrogens is 721 g/mol. The fraction of sp³-hybridized carbons (Fsp3) is 0. The molecule has 0 N–H and O–H groups in total. The molecule has 0 saturated carbocycles. The van der Waals surface area contributed by atoms with Gasteiger partial charge in [-0.05, 0) is 126 Å². The van der Waals surface area contributed by atoms with E-state index in [1.807, 2.05) is 24.3 Å². The van der Waals surface area contributed by atoms with E-state index in [4.69, 9.17) is 13.3 Å². The number of rotatable bonds is 3. The first-order valence-corrected chi connectivity index (χ1v) is 20.1. The molecule has 0 aliphatic carbocycles. The summed E-state index contributed by atoms with van der Waals surface area (Å²) in [4.78, 5) is 0. The van der Waals surface area contributed by atoms with Crippen LogP contribution in [-0.4, -0.2) is 0 Å². The molecule has 0 fully saturated rings.